The van der Waals surface area contributed by atoms with Gasteiger partial charge >= 0.3 is 650 Å². The maximum absolute atomic E-state index is 7.18. The molecule has 0 rings (SSSR count). The zero-order valence-corrected chi connectivity index (χ0v) is 86.6. The molecule has 0 bridgehead atoms. The van der Waals surface area contributed by atoms with E-state index in [2.05, 4.69) is 114 Å². The van der Waals surface area contributed by atoms with Gasteiger partial charge in [-0.2, -0.15) is 47.4 Å². The van der Waals surface area contributed by atoms with Crippen molar-refractivity contribution in [3.63, 3.8) is 0 Å². The van der Waals surface area contributed by atoms with Crippen molar-refractivity contribution in [2.24, 2.45) is 0 Å². The van der Waals surface area contributed by atoms with E-state index in [9.17, 15) is 0 Å². The van der Waals surface area contributed by atoms with Crippen LogP contribution >= 0.6 is 114 Å². The number of nitriles is 9. The molecule has 49 heavy (non-hydrogen) atoms. The fourth-order valence-corrected chi connectivity index (χ4v) is 0. The Hall–Kier alpha value is 20.6. The quantitative estimate of drug-likeness (QED) is 0.0640. The molecule has 0 atom stereocenters. The Morgan fingerprint density at radius 1 is 0.163 bits per heavy atom. The zero-order valence-electron chi connectivity index (χ0n) is 56.5. The topological polar surface area (TPSA) is 214 Å². The second-order valence-corrected chi connectivity index (χ2v) is 2.70. The van der Waals surface area contributed by atoms with Gasteiger partial charge in [-0.1, -0.05) is 114 Å². The molecule has 188 valence electrons. The van der Waals surface area contributed by atoms with E-state index in [1.54, 1.807) is 0 Å². The summed E-state index contributed by atoms with van der Waals surface area (Å²) in [4.78, 5) is 0. The zero-order chi connectivity index (χ0) is 24.4. The summed E-state index contributed by atoms with van der Waals surface area (Å²) < 4.78 is 0. The molecule has 0 aliphatic heterocycles. The Morgan fingerprint density at radius 3 is 0.163 bits per heavy atom. The van der Waals surface area contributed by atoms with Crippen molar-refractivity contribution in [3.8, 4) is 48.6 Å². The van der Waals surface area contributed by atoms with E-state index in [0.29, 0.717) is 0 Å². The molecule has 9 nitrogen and oxygen atoms in total. The molecule has 0 amide bonds. The van der Waals surface area contributed by atoms with E-state index in [4.69, 9.17) is 47.4 Å². The monoisotopic (exact) mass is 1060 g/mol. The van der Waals surface area contributed by atoms with Crippen LogP contribution in [0.5, 0.6) is 0 Å². The van der Waals surface area contributed by atoms with E-state index in [1.807, 2.05) is 0 Å². The van der Waals surface area contributed by atoms with Gasteiger partial charge in [0.1, 0.15) is 48.6 Å². The van der Waals surface area contributed by atoms with Crippen molar-refractivity contribution < 1.29 is 682 Å². The van der Waals surface area contributed by atoms with Crippen LogP contribution in [0.3, 0.4) is 0 Å². The van der Waals surface area contributed by atoms with Gasteiger partial charge in [0.25, 0.3) is 0 Å². The van der Waals surface area contributed by atoms with Crippen molar-refractivity contribution in [2.45, 2.75) is 0 Å². The Bertz CT molecular complexity index is 520. The average molecular weight is 1060 g/mol. The SMILES string of the molecule is N#CS.N#CS.N#CS.N#CS.N#CS.N#CS.N#CS.N#CS.N#CS.[H-].[H-].[H-].[H-].[H-].[H-].[H-].[H-].[H-].[H-].[H-].[H-].[H-].[H-].[H-].[H-].[H-].[H-].[H-].[H-].[H-].[H-].[Na+].[Na+].[Na+].[Na+].[Na+].[Na+].[Na+].[Na+].[Na+].[Na+].[Na+].[Na+].[Na+].[Na+].[Na+].[Na+].[Na+].[Na+].[Na+].[Na+].[Na+].[Na+]. The normalized spacial score (nSPS) is 1.47. The molecule has 0 aromatic rings. The summed E-state index contributed by atoms with van der Waals surface area (Å²) >= 11 is 27.8. The minimum Gasteiger partial charge on any atom is -1.00 e. The second-order valence-electron chi connectivity index (χ2n) is 0.900. The first-order valence-electron chi connectivity index (χ1n) is 4.02. The van der Waals surface area contributed by atoms with E-state index < -0.39 is 0 Å². The third kappa shape index (κ3) is 719. The second kappa shape index (κ2) is 358. The molecular weight excluding hydrogens is 1030 g/mol. The van der Waals surface area contributed by atoms with Gasteiger partial charge in [-0.15, -0.1) is 0 Å². The van der Waals surface area contributed by atoms with Crippen molar-refractivity contribution in [2.75, 3.05) is 0 Å². The molecule has 0 saturated carbocycles. The van der Waals surface area contributed by atoms with Crippen LogP contribution in [-0.4, -0.2) is 0 Å². The first-order valence-corrected chi connectivity index (χ1v) is 8.05. The summed E-state index contributed by atoms with van der Waals surface area (Å²) in [7, 11) is 0. The van der Waals surface area contributed by atoms with Gasteiger partial charge < -0.3 is 31.4 Å². The van der Waals surface area contributed by atoms with E-state index in [1.165, 1.54) is 48.6 Å². The molecule has 0 aliphatic carbocycles. The van der Waals surface area contributed by atoms with Crippen LogP contribution in [0.25, 0.3) is 0 Å². The van der Waals surface area contributed by atoms with Crippen LogP contribution in [-0.2, 0) is 0 Å². The molecular formula is C9H31N9Na22S9. The average Bonchev–Trinajstić information content (AvgIpc) is 2.53. The van der Waals surface area contributed by atoms with Gasteiger partial charge in [0, 0.05) is 0 Å². The third-order valence-corrected chi connectivity index (χ3v) is 0. The van der Waals surface area contributed by atoms with Crippen molar-refractivity contribution >= 4 is 114 Å². The van der Waals surface area contributed by atoms with Gasteiger partial charge in [-0.05, 0) is 0 Å². The molecule has 0 aromatic carbocycles. The van der Waals surface area contributed by atoms with Crippen LogP contribution in [0.2, 0.25) is 0 Å². The minimum atomic E-state index is 0. The maximum Gasteiger partial charge on any atom is 1.00 e. The Kier molecular flexibility index (Phi) is 1610. The standard InChI is InChI=1S/9CHNS.22Na.22H/c9*2-1-3;;;;;;;;;;;;;;;;;;;;;;;;;;;;;;;;;;;;;;;;;;;;/h9*3H;;;;;;;;;;;;;;;;;;;;;;;;;;;;;;;;;;;;;;;;;;;;/q;;;;;;;;;22*+1;22*-1. The summed E-state index contributed by atoms with van der Waals surface area (Å²) in [6, 6.07) is 0. The first kappa shape index (κ1) is 220. The van der Waals surface area contributed by atoms with E-state index >= 15 is 0 Å². The van der Waals surface area contributed by atoms with Gasteiger partial charge in [-0.3, -0.25) is 0 Å². The summed E-state index contributed by atoms with van der Waals surface area (Å²) in [5, 5.41) is 77.7. The largest absolute Gasteiger partial charge is 1.00 e. The first-order chi connectivity index (χ1) is 12.7. The van der Waals surface area contributed by atoms with Crippen LogP contribution < -0.4 is 650 Å². The molecule has 0 fully saturated rings. The predicted octanol–water partition coefficient (Wildman–Crippen LogP) is -59.9. The molecule has 0 heterocycles. The number of thiol groups is 9. The van der Waals surface area contributed by atoms with E-state index in [0.717, 1.165) is 0 Å². The maximum atomic E-state index is 7.18. The number of nitrogens with zero attached hydrogens (tertiary/aromatic N) is 9. The van der Waals surface area contributed by atoms with Crippen molar-refractivity contribution in [1.29, 1.82) is 47.4 Å². The van der Waals surface area contributed by atoms with Gasteiger partial charge in [0.15, 0.2) is 0 Å². The fraction of sp³-hybridized carbons (Fsp3) is 0. The number of rotatable bonds is 0. The van der Waals surface area contributed by atoms with Gasteiger partial charge in [0.2, 0.25) is 0 Å². The number of thiocyanates is 9. The van der Waals surface area contributed by atoms with Crippen LogP contribution in [0, 0.1) is 96.0 Å². The summed E-state index contributed by atoms with van der Waals surface area (Å²) in [6.45, 7) is 0. The molecule has 0 aromatic heterocycles. The van der Waals surface area contributed by atoms with Gasteiger partial charge in [-0.25, -0.2) is 0 Å². The smallest absolute Gasteiger partial charge is 1.00 e. The summed E-state index contributed by atoms with van der Waals surface area (Å²) in [6.07, 6.45) is 0. The van der Waals surface area contributed by atoms with Crippen LogP contribution in [0.4, 0.5) is 0 Å². The van der Waals surface area contributed by atoms with Crippen molar-refractivity contribution in [3.05, 3.63) is 0 Å². The minimum absolute atomic E-state index is 0. The summed E-state index contributed by atoms with van der Waals surface area (Å²) in [5.41, 5.74) is 0. The van der Waals surface area contributed by atoms with Crippen LogP contribution in [0.15, 0.2) is 0 Å². The summed E-state index contributed by atoms with van der Waals surface area (Å²) in [5.74, 6) is 0. The molecule has 0 N–H and O–H groups in total. The Labute approximate surface area is 865 Å². The molecule has 0 unspecified atom stereocenters. The molecule has 0 saturated heterocycles. The van der Waals surface area contributed by atoms with Gasteiger partial charge in [0.05, 0.1) is 0 Å². The molecule has 0 aliphatic rings. The Morgan fingerprint density at radius 2 is 0.163 bits per heavy atom. The number of hydrogen-bond acceptors (Lipinski definition) is 18. The number of hydrogen-bond donors (Lipinski definition) is 9. The molecule has 0 spiro atoms. The van der Waals surface area contributed by atoms with E-state index in [-0.39, 0.29) is 682 Å². The van der Waals surface area contributed by atoms with Crippen LogP contribution in [0.1, 0.15) is 31.4 Å². The molecule has 0 radical (unpaired) electrons. The Balaban J connectivity index is -0.000000000934. The molecule has 40 heteroatoms. The predicted molar refractivity (Wildman–Crippen MR) is 156 cm³/mol. The van der Waals surface area contributed by atoms with Crippen molar-refractivity contribution in [1.82, 2.24) is 0 Å². The fourth-order valence-electron chi connectivity index (χ4n) is 0. The third-order valence-electron chi connectivity index (χ3n) is 0.